The molecule has 0 saturated carbocycles. The first kappa shape index (κ1) is 21.2. The summed E-state index contributed by atoms with van der Waals surface area (Å²) in [7, 11) is -1.76. The molecule has 0 unspecified atom stereocenters. The Bertz CT molecular complexity index is 1230. The lowest BCUT2D eigenvalue weighted by molar-refractivity contribution is 0.602. The summed E-state index contributed by atoms with van der Waals surface area (Å²) in [4.78, 5) is 12.7. The normalized spacial score (nSPS) is 12.0. The second-order valence-corrected chi connectivity index (χ2v) is 8.73. The number of aromatic nitrogens is 1. The fourth-order valence-electron chi connectivity index (χ4n) is 2.97. The lowest BCUT2D eigenvalue weighted by atomic mass is 10.0. The Morgan fingerprint density at radius 2 is 1.87 bits per heavy atom. The van der Waals surface area contributed by atoms with Crippen LogP contribution in [0.15, 0.2) is 69.7 Å². The predicted octanol–water partition coefficient (Wildman–Crippen LogP) is 4.19. The molecule has 3 N–H and O–H groups in total. The zero-order valence-corrected chi connectivity index (χ0v) is 17.8. The Hall–Kier alpha value is -3.52. The highest BCUT2D eigenvalue weighted by Gasteiger charge is 2.15. The van der Waals surface area contributed by atoms with Gasteiger partial charge in [0.25, 0.3) is 0 Å². The number of anilines is 3. The highest BCUT2D eigenvalue weighted by atomic mass is 32.2. The summed E-state index contributed by atoms with van der Waals surface area (Å²) in [5, 5.41) is 3.22. The number of benzene rings is 2. The molecule has 0 spiro atoms. The van der Waals surface area contributed by atoms with Crippen LogP contribution >= 0.6 is 0 Å². The minimum atomic E-state index is -3.43. The quantitative estimate of drug-likeness (QED) is 0.458. The molecule has 0 saturated heterocycles. The first-order chi connectivity index (χ1) is 14.3. The number of pyridine rings is 1. The van der Waals surface area contributed by atoms with Crippen molar-refractivity contribution >= 4 is 45.0 Å². The molecule has 3 aromatic rings. The Morgan fingerprint density at radius 1 is 1.07 bits per heavy atom. The summed E-state index contributed by atoms with van der Waals surface area (Å²) < 4.78 is 24.4. The molecule has 0 bridgehead atoms. The van der Waals surface area contributed by atoms with E-state index in [1.807, 2.05) is 43.3 Å². The predicted molar refractivity (Wildman–Crippen MR) is 124 cm³/mol. The van der Waals surface area contributed by atoms with Crippen LogP contribution in [-0.4, -0.2) is 39.1 Å². The average molecular weight is 422 g/mol. The molecule has 0 aliphatic carbocycles. The van der Waals surface area contributed by atoms with Crippen LogP contribution in [0.3, 0.4) is 0 Å². The number of rotatable bonds is 6. The van der Waals surface area contributed by atoms with Crippen molar-refractivity contribution in [3.63, 3.8) is 0 Å². The third kappa shape index (κ3) is 4.90. The van der Waals surface area contributed by atoms with Gasteiger partial charge in [0.2, 0.25) is 0 Å². The van der Waals surface area contributed by atoms with Crippen molar-refractivity contribution < 1.29 is 8.42 Å². The average Bonchev–Trinajstić information content (AvgIpc) is 2.70. The van der Waals surface area contributed by atoms with Crippen LogP contribution in [0, 0.1) is 6.92 Å². The molecular formula is C22H23N5O2S. The van der Waals surface area contributed by atoms with Gasteiger partial charge in [-0.3, -0.25) is 15.0 Å². The highest BCUT2D eigenvalue weighted by molar-refractivity contribution is 7.90. The molecule has 0 atom stereocenters. The van der Waals surface area contributed by atoms with E-state index in [0.29, 0.717) is 17.1 Å². The summed E-state index contributed by atoms with van der Waals surface area (Å²) in [5.41, 5.74) is 11.1. The monoisotopic (exact) mass is 421 g/mol. The second kappa shape index (κ2) is 8.87. The number of nitrogens with zero attached hydrogens (tertiary/aromatic N) is 3. The summed E-state index contributed by atoms with van der Waals surface area (Å²) >= 11 is 0. The fourth-order valence-corrected chi connectivity index (χ4v) is 3.78. The van der Waals surface area contributed by atoms with E-state index in [0.717, 1.165) is 22.4 Å². The minimum Gasteiger partial charge on any atom is -0.399 e. The van der Waals surface area contributed by atoms with Crippen LogP contribution < -0.4 is 11.1 Å². The molecule has 0 radical (unpaired) electrons. The molecule has 30 heavy (non-hydrogen) atoms. The topological polar surface area (TPSA) is 110 Å². The maximum absolute atomic E-state index is 12.2. The van der Waals surface area contributed by atoms with Crippen molar-refractivity contribution in [2.24, 2.45) is 9.98 Å². The Labute approximate surface area is 176 Å². The molecule has 0 aliphatic heterocycles. The largest absolute Gasteiger partial charge is 0.399 e. The van der Waals surface area contributed by atoms with Gasteiger partial charge in [-0.25, -0.2) is 8.42 Å². The third-order valence-electron chi connectivity index (χ3n) is 4.48. The SMILES string of the molecule is CN=CC=Nc1cc(-c2cccc(N)c2)cc(Nc2cnccc2S(C)(=O)=O)c1C. The van der Waals surface area contributed by atoms with E-state index >= 15 is 0 Å². The van der Waals surface area contributed by atoms with Crippen molar-refractivity contribution in [2.45, 2.75) is 11.8 Å². The van der Waals surface area contributed by atoms with Crippen LogP contribution in [0.4, 0.5) is 22.7 Å². The molecule has 0 fully saturated rings. The summed E-state index contributed by atoms with van der Waals surface area (Å²) in [6.45, 7) is 1.91. The lowest BCUT2D eigenvalue weighted by Gasteiger charge is -2.16. The van der Waals surface area contributed by atoms with Crippen LogP contribution in [0.2, 0.25) is 0 Å². The number of nitrogens with one attached hydrogen (secondary N) is 1. The van der Waals surface area contributed by atoms with Gasteiger partial charge in [-0.2, -0.15) is 0 Å². The summed E-state index contributed by atoms with van der Waals surface area (Å²) in [5.74, 6) is 0. The van der Waals surface area contributed by atoms with E-state index in [-0.39, 0.29) is 4.90 Å². The molecule has 1 aromatic heterocycles. The van der Waals surface area contributed by atoms with E-state index in [9.17, 15) is 8.42 Å². The summed E-state index contributed by atoms with van der Waals surface area (Å²) in [6, 6.07) is 12.9. The maximum atomic E-state index is 12.2. The van der Waals surface area contributed by atoms with Gasteiger partial charge >= 0.3 is 0 Å². The first-order valence-corrected chi connectivity index (χ1v) is 11.0. The molecule has 3 rings (SSSR count). The molecule has 154 valence electrons. The molecule has 8 heteroatoms. The van der Waals surface area contributed by atoms with Gasteiger partial charge in [-0.15, -0.1) is 0 Å². The van der Waals surface area contributed by atoms with E-state index in [1.54, 1.807) is 19.5 Å². The Morgan fingerprint density at radius 3 is 2.57 bits per heavy atom. The summed E-state index contributed by atoms with van der Waals surface area (Å²) in [6.07, 6.45) is 7.33. The number of hydrogen-bond donors (Lipinski definition) is 2. The van der Waals surface area contributed by atoms with Crippen LogP contribution in [0.25, 0.3) is 11.1 Å². The zero-order valence-electron chi connectivity index (χ0n) is 17.0. The van der Waals surface area contributed by atoms with Crippen LogP contribution in [0.1, 0.15) is 5.56 Å². The smallest absolute Gasteiger partial charge is 0.177 e. The standard InChI is InChI=1S/C22H23N5O2S/c1-15-19(26-10-9-24-2)12-17(16-5-4-6-18(23)11-16)13-20(15)27-21-14-25-8-7-22(21)30(3,28)29/h4-14,27H,23H2,1-3H3. The van der Waals surface area contributed by atoms with Gasteiger partial charge < -0.3 is 11.1 Å². The number of nitrogen functional groups attached to an aromatic ring is 1. The van der Waals surface area contributed by atoms with Crippen molar-refractivity contribution in [3.8, 4) is 11.1 Å². The van der Waals surface area contributed by atoms with Crippen molar-refractivity contribution in [3.05, 3.63) is 60.4 Å². The number of nitrogens with two attached hydrogens (primary N) is 1. The van der Waals surface area contributed by atoms with Crippen molar-refractivity contribution in [1.29, 1.82) is 0 Å². The Balaban J connectivity index is 2.16. The fraction of sp³-hybridized carbons (Fsp3) is 0.136. The van der Waals surface area contributed by atoms with Crippen molar-refractivity contribution in [2.75, 3.05) is 24.4 Å². The first-order valence-electron chi connectivity index (χ1n) is 9.16. The molecule has 1 heterocycles. The molecular weight excluding hydrogens is 398 g/mol. The third-order valence-corrected chi connectivity index (χ3v) is 5.63. The van der Waals surface area contributed by atoms with Gasteiger partial charge in [-0.05, 0) is 53.9 Å². The van der Waals surface area contributed by atoms with Gasteiger partial charge in [0.05, 0.1) is 22.5 Å². The highest BCUT2D eigenvalue weighted by Crippen LogP contribution is 2.36. The van der Waals surface area contributed by atoms with E-state index < -0.39 is 9.84 Å². The second-order valence-electron chi connectivity index (χ2n) is 6.75. The van der Waals surface area contributed by atoms with E-state index in [1.165, 1.54) is 24.7 Å². The number of hydrogen-bond acceptors (Lipinski definition) is 7. The maximum Gasteiger partial charge on any atom is 0.177 e. The van der Waals surface area contributed by atoms with Crippen LogP contribution in [0.5, 0.6) is 0 Å². The molecule has 7 nitrogen and oxygen atoms in total. The molecule has 2 aromatic carbocycles. The molecule has 0 amide bonds. The van der Waals surface area contributed by atoms with Gasteiger partial charge in [0.1, 0.15) is 0 Å². The van der Waals surface area contributed by atoms with E-state index in [2.05, 4.69) is 20.3 Å². The minimum absolute atomic E-state index is 0.175. The van der Waals surface area contributed by atoms with E-state index in [4.69, 9.17) is 5.73 Å². The van der Waals surface area contributed by atoms with Gasteiger partial charge in [-0.1, -0.05) is 12.1 Å². The van der Waals surface area contributed by atoms with Gasteiger partial charge in [0, 0.05) is 43.3 Å². The number of sulfone groups is 1. The van der Waals surface area contributed by atoms with Gasteiger partial charge in [0.15, 0.2) is 9.84 Å². The lowest BCUT2D eigenvalue weighted by Crippen LogP contribution is -2.04. The number of aliphatic imine (C=N–C) groups is 2. The Kier molecular flexibility index (Phi) is 6.27. The molecule has 0 aliphatic rings. The van der Waals surface area contributed by atoms with Crippen LogP contribution in [-0.2, 0) is 9.84 Å². The zero-order chi connectivity index (χ0) is 21.7. The van der Waals surface area contributed by atoms with Crippen molar-refractivity contribution in [1.82, 2.24) is 4.98 Å².